The largest absolute Gasteiger partial charge is 0.497 e. The van der Waals surface area contributed by atoms with Gasteiger partial charge in [0.15, 0.2) is 0 Å². The topological polar surface area (TPSA) is 174 Å². The van der Waals surface area contributed by atoms with Crippen LogP contribution in [0.1, 0.15) is 11.6 Å². The molecule has 3 rings (SSSR count). The van der Waals surface area contributed by atoms with Crippen LogP contribution >= 0.6 is 0 Å². The molecule has 0 radical (unpaired) electrons. The van der Waals surface area contributed by atoms with Crippen LogP contribution < -0.4 is 10.6 Å². The number of aromatic hydroxyl groups is 1. The Labute approximate surface area is 158 Å². The summed E-state index contributed by atoms with van der Waals surface area (Å²) in [5, 5.41) is 47.1. The number of rotatable bonds is 4. The summed E-state index contributed by atoms with van der Waals surface area (Å²) in [5.41, 5.74) is -1.62. The molecule has 0 bridgehead atoms. The van der Waals surface area contributed by atoms with E-state index >= 15 is 0 Å². The molecule has 148 valence electrons. The molecule has 2 aromatic carbocycles. The molecule has 1 saturated heterocycles. The Morgan fingerprint density at radius 2 is 1.46 bits per heavy atom. The highest BCUT2D eigenvalue weighted by Gasteiger charge is 2.30. The van der Waals surface area contributed by atoms with Gasteiger partial charge in [-0.25, -0.2) is 0 Å². The Balaban J connectivity index is 0.000000207. The Morgan fingerprint density at radius 3 is 1.89 bits per heavy atom. The Morgan fingerprint density at radius 1 is 0.893 bits per heavy atom. The fourth-order valence-corrected chi connectivity index (χ4v) is 2.55. The highest BCUT2D eigenvalue weighted by Crippen LogP contribution is 2.38. The van der Waals surface area contributed by atoms with Crippen LogP contribution in [-0.4, -0.2) is 39.5 Å². The van der Waals surface area contributed by atoms with Crippen molar-refractivity contribution in [3.05, 3.63) is 78.4 Å². The minimum atomic E-state index is -1.21. The number of benzene rings is 2. The lowest BCUT2D eigenvalue weighted by Crippen LogP contribution is -2.42. The van der Waals surface area contributed by atoms with Gasteiger partial charge in [-0.1, -0.05) is 30.3 Å². The fourth-order valence-electron chi connectivity index (χ4n) is 2.55. The van der Waals surface area contributed by atoms with Crippen LogP contribution in [0.2, 0.25) is 0 Å². The molecule has 0 aromatic heterocycles. The molecule has 0 aliphatic carbocycles. The molecular formula is C16H17N5O7. The number of phenols is 1. The Kier molecular flexibility index (Phi) is 6.90. The minimum Gasteiger partial charge on any atom is -0.497 e. The summed E-state index contributed by atoms with van der Waals surface area (Å²) in [6.07, 6.45) is 0. The predicted molar refractivity (Wildman–Crippen MR) is 98.1 cm³/mol. The Hall–Kier alpha value is -3.64. The zero-order chi connectivity index (χ0) is 20.7. The van der Waals surface area contributed by atoms with Crippen molar-refractivity contribution in [3.63, 3.8) is 0 Å². The van der Waals surface area contributed by atoms with E-state index in [2.05, 4.69) is 41.0 Å². The first kappa shape index (κ1) is 20.7. The van der Waals surface area contributed by atoms with Gasteiger partial charge in [-0.15, -0.1) is 0 Å². The molecule has 1 fully saturated rings. The van der Waals surface area contributed by atoms with Crippen LogP contribution in [0, 0.1) is 30.3 Å². The van der Waals surface area contributed by atoms with Gasteiger partial charge in [-0.2, -0.15) is 0 Å². The number of hydrogen-bond acceptors (Lipinski definition) is 9. The average molecular weight is 391 g/mol. The van der Waals surface area contributed by atoms with Crippen molar-refractivity contribution >= 4 is 17.1 Å². The number of phenolic OH excluding ortho intramolecular Hbond substituents is 1. The quantitative estimate of drug-likeness (QED) is 0.520. The molecule has 28 heavy (non-hydrogen) atoms. The van der Waals surface area contributed by atoms with Gasteiger partial charge in [-0.05, 0) is 5.56 Å². The molecule has 2 aromatic rings. The predicted octanol–water partition coefficient (Wildman–Crippen LogP) is 2.04. The SMILES string of the molecule is O=[N+]([O-])c1cc([N+](=O)[O-])c(O)c([N+](=O)[O-])c1.c1ccc(C2CNCCN2)cc1. The lowest BCUT2D eigenvalue weighted by Gasteiger charge is -2.24. The van der Waals surface area contributed by atoms with Crippen molar-refractivity contribution in [2.24, 2.45) is 0 Å². The third-order valence-corrected chi connectivity index (χ3v) is 3.90. The number of nitrogens with one attached hydrogen (secondary N) is 2. The van der Waals surface area contributed by atoms with E-state index in [1.54, 1.807) is 0 Å². The summed E-state index contributed by atoms with van der Waals surface area (Å²) in [5.74, 6) is -1.21. The summed E-state index contributed by atoms with van der Waals surface area (Å²) in [7, 11) is 0. The van der Waals surface area contributed by atoms with Gasteiger partial charge in [0.25, 0.3) is 11.4 Å². The number of non-ortho nitro benzene ring substituents is 1. The first-order valence-corrected chi connectivity index (χ1v) is 8.10. The first-order chi connectivity index (χ1) is 13.3. The maximum absolute atomic E-state index is 10.4. The van der Waals surface area contributed by atoms with E-state index in [0.29, 0.717) is 18.2 Å². The maximum atomic E-state index is 10.4. The summed E-state index contributed by atoms with van der Waals surface area (Å²) in [6.45, 7) is 3.20. The molecular weight excluding hydrogens is 374 g/mol. The van der Waals surface area contributed by atoms with E-state index in [1.807, 2.05) is 0 Å². The van der Waals surface area contributed by atoms with Crippen LogP contribution in [0.5, 0.6) is 5.75 Å². The molecule has 0 amide bonds. The van der Waals surface area contributed by atoms with Crippen LogP contribution in [0.25, 0.3) is 0 Å². The Bertz CT molecular complexity index is 834. The maximum Gasteiger partial charge on any atom is 0.324 e. The molecule has 3 N–H and O–H groups in total. The summed E-state index contributed by atoms with van der Waals surface area (Å²) < 4.78 is 0. The molecule has 12 heteroatoms. The average Bonchev–Trinajstić information content (AvgIpc) is 2.69. The highest BCUT2D eigenvalue weighted by atomic mass is 16.6. The molecule has 1 atom stereocenters. The highest BCUT2D eigenvalue weighted by molar-refractivity contribution is 5.64. The van der Waals surface area contributed by atoms with E-state index in [0.717, 1.165) is 19.6 Å². The van der Waals surface area contributed by atoms with Crippen molar-refractivity contribution in [2.45, 2.75) is 6.04 Å². The van der Waals surface area contributed by atoms with E-state index in [-0.39, 0.29) is 0 Å². The van der Waals surface area contributed by atoms with E-state index in [9.17, 15) is 30.3 Å². The molecule has 0 spiro atoms. The second kappa shape index (κ2) is 9.34. The van der Waals surface area contributed by atoms with Gasteiger partial charge in [0, 0.05) is 25.7 Å². The number of nitro benzene ring substituents is 3. The van der Waals surface area contributed by atoms with Crippen molar-refractivity contribution < 1.29 is 19.9 Å². The lowest BCUT2D eigenvalue weighted by molar-refractivity contribution is -0.404. The number of hydrogen-bond donors (Lipinski definition) is 3. The van der Waals surface area contributed by atoms with Crippen LogP contribution in [0.15, 0.2) is 42.5 Å². The molecule has 1 aliphatic rings. The van der Waals surface area contributed by atoms with Crippen molar-refractivity contribution in [3.8, 4) is 5.75 Å². The first-order valence-electron chi connectivity index (χ1n) is 8.10. The van der Waals surface area contributed by atoms with Gasteiger partial charge >= 0.3 is 11.4 Å². The summed E-state index contributed by atoms with van der Waals surface area (Å²) >= 11 is 0. The minimum absolute atomic E-state index is 0.447. The van der Waals surface area contributed by atoms with Gasteiger partial charge in [0.1, 0.15) is 0 Å². The molecule has 1 aliphatic heterocycles. The zero-order valence-corrected chi connectivity index (χ0v) is 14.5. The zero-order valence-electron chi connectivity index (χ0n) is 14.5. The van der Waals surface area contributed by atoms with Gasteiger partial charge in [0.2, 0.25) is 0 Å². The monoisotopic (exact) mass is 391 g/mol. The van der Waals surface area contributed by atoms with Crippen molar-refractivity contribution in [1.29, 1.82) is 0 Å². The molecule has 0 saturated carbocycles. The van der Waals surface area contributed by atoms with E-state index < -0.39 is 37.6 Å². The van der Waals surface area contributed by atoms with E-state index in [4.69, 9.17) is 5.11 Å². The summed E-state index contributed by atoms with van der Waals surface area (Å²) in [4.78, 5) is 27.8. The van der Waals surface area contributed by atoms with Crippen molar-refractivity contribution in [1.82, 2.24) is 10.6 Å². The normalized spacial score (nSPS) is 15.8. The summed E-state index contributed by atoms with van der Waals surface area (Å²) in [6, 6.07) is 12.0. The van der Waals surface area contributed by atoms with Crippen LogP contribution in [-0.2, 0) is 0 Å². The van der Waals surface area contributed by atoms with Gasteiger partial charge in [-0.3, -0.25) is 30.3 Å². The third kappa shape index (κ3) is 5.18. The fraction of sp³-hybridized carbons (Fsp3) is 0.250. The van der Waals surface area contributed by atoms with Crippen molar-refractivity contribution in [2.75, 3.05) is 19.6 Å². The van der Waals surface area contributed by atoms with E-state index in [1.165, 1.54) is 5.56 Å². The molecule has 1 heterocycles. The third-order valence-electron chi connectivity index (χ3n) is 3.90. The molecule has 1 unspecified atom stereocenters. The molecule has 12 nitrogen and oxygen atoms in total. The van der Waals surface area contributed by atoms with Gasteiger partial charge in [0.05, 0.1) is 26.9 Å². The number of piperazine rings is 1. The second-order valence-corrected chi connectivity index (χ2v) is 5.73. The number of nitrogens with zero attached hydrogens (tertiary/aromatic N) is 3. The van der Waals surface area contributed by atoms with Crippen LogP contribution in [0.3, 0.4) is 0 Å². The number of nitro groups is 3. The van der Waals surface area contributed by atoms with Gasteiger partial charge < -0.3 is 15.7 Å². The smallest absolute Gasteiger partial charge is 0.324 e. The van der Waals surface area contributed by atoms with Crippen LogP contribution in [0.4, 0.5) is 17.1 Å². The second-order valence-electron chi connectivity index (χ2n) is 5.73. The lowest BCUT2D eigenvalue weighted by atomic mass is 10.1. The standard InChI is InChI=1S/C10H14N2.C6H3N3O7/c1-2-4-9(5-3-1)10-8-11-6-7-12-10;10-6-4(8(13)14)1-3(7(11)12)2-5(6)9(15)16/h1-5,10-12H,6-8H2;1-2,10H.